The Hall–Kier alpha value is -2.32. The van der Waals surface area contributed by atoms with Gasteiger partial charge in [-0.25, -0.2) is 4.98 Å². The Balaban J connectivity index is 1.78. The molecule has 6 nitrogen and oxygen atoms in total. The highest BCUT2D eigenvalue weighted by atomic mass is 32.2. The number of aliphatic hydroxyl groups is 2. The minimum atomic E-state index is -1.07. The monoisotopic (exact) mass is 410 g/mol. The summed E-state index contributed by atoms with van der Waals surface area (Å²) < 4.78 is 0. The number of nitrogens with two attached hydrogens (primary N) is 1. The zero-order chi connectivity index (χ0) is 20.4. The molecular formula is C22H26N4O2S. The second kappa shape index (κ2) is 8.59. The molecule has 2 aromatic carbocycles. The number of rotatable bonds is 5. The molecular weight excluding hydrogens is 384 g/mol. The fourth-order valence-electron chi connectivity index (χ4n) is 3.53. The van der Waals surface area contributed by atoms with Crippen molar-refractivity contribution in [2.24, 2.45) is 5.73 Å². The maximum atomic E-state index is 10.8. The molecule has 0 bridgehead atoms. The molecule has 1 aliphatic rings. The fraction of sp³-hybridized carbons (Fsp3) is 0.318. The van der Waals surface area contributed by atoms with E-state index in [1.165, 1.54) is 11.8 Å². The van der Waals surface area contributed by atoms with Crippen molar-refractivity contribution in [1.82, 2.24) is 4.98 Å². The molecule has 2 heterocycles. The van der Waals surface area contributed by atoms with E-state index in [-0.39, 0.29) is 0 Å². The van der Waals surface area contributed by atoms with Crippen LogP contribution in [0.2, 0.25) is 0 Å². The van der Waals surface area contributed by atoms with Gasteiger partial charge in [-0.15, -0.1) is 0 Å². The van der Waals surface area contributed by atoms with Gasteiger partial charge in [-0.1, -0.05) is 41.6 Å². The largest absolute Gasteiger partial charge is 0.384 e. The van der Waals surface area contributed by atoms with E-state index in [0.29, 0.717) is 18.9 Å². The van der Waals surface area contributed by atoms with Crippen LogP contribution in [0.4, 0.5) is 11.5 Å². The normalized spacial score (nSPS) is 19.1. The van der Waals surface area contributed by atoms with Crippen LogP contribution in [-0.4, -0.2) is 40.0 Å². The van der Waals surface area contributed by atoms with Gasteiger partial charge >= 0.3 is 0 Å². The second-order valence-electron chi connectivity index (χ2n) is 7.28. The third-order valence-electron chi connectivity index (χ3n) is 5.08. The van der Waals surface area contributed by atoms with E-state index >= 15 is 0 Å². The number of anilines is 2. The third kappa shape index (κ3) is 4.18. The summed E-state index contributed by atoms with van der Waals surface area (Å²) in [5.74, 6) is 0.625. The molecule has 4 rings (SSSR count). The van der Waals surface area contributed by atoms with Gasteiger partial charge < -0.3 is 26.2 Å². The lowest BCUT2D eigenvalue weighted by molar-refractivity contribution is 0.0699. The quantitative estimate of drug-likeness (QED) is 0.480. The average molecular weight is 411 g/mol. The van der Waals surface area contributed by atoms with Crippen molar-refractivity contribution < 1.29 is 10.2 Å². The molecule has 152 valence electrons. The van der Waals surface area contributed by atoms with Crippen molar-refractivity contribution in [3.63, 3.8) is 0 Å². The van der Waals surface area contributed by atoms with Crippen molar-refractivity contribution in [2.45, 2.75) is 36.4 Å². The molecule has 2 unspecified atom stereocenters. The highest BCUT2D eigenvalue weighted by Crippen LogP contribution is 2.36. The first-order valence-corrected chi connectivity index (χ1v) is 10.7. The predicted molar refractivity (Wildman–Crippen MR) is 119 cm³/mol. The third-order valence-corrected chi connectivity index (χ3v) is 6.21. The Morgan fingerprint density at radius 2 is 2.03 bits per heavy atom. The van der Waals surface area contributed by atoms with Crippen molar-refractivity contribution in [3.8, 4) is 0 Å². The van der Waals surface area contributed by atoms with Gasteiger partial charge in [0.1, 0.15) is 11.3 Å². The predicted octanol–water partition coefficient (Wildman–Crippen LogP) is 3.05. The highest BCUT2D eigenvalue weighted by Gasteiger charge is 2.31. The Labute approximate surface area is 174 Å². The minimum absolute atomic E-state index is 0.466. The average Bonchev–Trinajstić information content (AvgIpc) is 2.84. The van der Waals surface area contributed by atoms with E-state index in [0.717, 1.165) is 45.6 Å². The SMILES string of the molecule is Cc1ccc2nc(N3Cc4ccccc4SC(O)C3O)cc(NCCCN)c2c1. The minimum Gasteiger partial charge on any atom is -0.384 e. The van der Waals surface area contributed by atoms with Crippen LogP contribution in [0.1, 0.15) is 17.5 Å². The Bertz CT molecular complexity index is 1010. The maximum absolute atomic E-state index is 10.8. The molecule has 0 spiro atoms. The van der Waals surface area contributed by atoms with Gasteiger partial charge in [0.2, 0.25) is 0 Å². The van der Waals surface area contributed by atoms with E-state index in [9.17, 15) is 10.2 Å². The van der Waals surface area contributed by atoms with E-state index in [1.54, 1.807) is 4.90 Å². The molecule has 0 amide bonds. The summed E-state index contributed by atoms with van der Waals surface area (Å²) in [4.78, 5) is 7.54. The van der Waals surface area contributed by atoms with Crippen LogP contribution >= 0.6 is 11.8 Å². The summed E-state index contributed by atoms with van der Waals surface area (Å²) in [5, 5.41) is 25.9. The lowest BCUT2D eigenvalue weighted by Crippen LogP contribution is -2.41. The van der Waals surface area contributed by atoms with Crippen LogP contribution in [0, 0.1) is 6.92 Å². The maximum Gasteiger partial charge on any atom is 0.164 e. The zero-order valence-electron chi connectivity index (χ0n) is 16.4. The molecule has 29 heavy (non-hydrogen) atoms. The van der Waals surface area contributed by atoms with E-state index in [1.807, 2.05) is 42.5 Å². The first kappa shape index (κ1) is 20.0. The molecule has 0 fully saturated rings. The van der Waals surface area contributed by atoms with Crippen LogP contribution in [0.3, 0.4) is 0 Å². The first-order valence-electron chi connectivity index (χ1n) is 9.79. The number of thioether (sulfide) groups is 1. The smallest absolute Gasteiger partial charge is 0.164 e. The summed E-state index contributed by atoms with van der Waals surface area (Å²) in [6.07, 6.45) is -0.209. The van der Waals surface area contributed by atoms with Crippen LogP contribution in [0.25, 0.3) is 10.9 Å². The van der Waals surface area contributed by atoms with Crippen LogP contribution in [-0.2, 0) is 6.54 Å². The van der Waals surface area contributed by atoms with Crippen LogP contribution in [0.5, 0.6) is 0 Å². The Kier molecular flexibility index (Phi) is 5.91. The Morgan fingerprint density at radius 1 is 1.21 bits per heavy atom. The number of fused-ring (bicyclic) bond motifs is 2. The number of nitrogens with zero attached hydrogens (tertiary/aromatic N) is 2. The number of aromatic nitrogens is 1. The fourth-order valence-corrected chi connectivity index (χ4v) is 4.50. The van der Waals surface area contributed by atoms with Gasteiger partial charge in [-0.2, -0.15) is 0 Å². The molecule has 5 N–H and O–H groups in total. The van der Waals surface area contributed by atoms with Gasteiger partial charge in [0, 0.05) is 35.1 Å². The van der Waals surface area contributed by atoms with Gasteiger partial charge in [-0.3, -0.25) is 0 Å². The molecule has 1 aliphatic heterocycles. The van der Waals surface area contributed by atoms with E-state index in [2.05, 4.69) is 18.3 Å². The van der Waals surface area contributed by atoms with Crippen LogP contribution < -0.4 is 16.0 Å². The molecule has 0 radical (unpaired) electrons. The lowest BCUT2D eigenvalue weighted by Gasteiger charge is -2.30. The summed E-state index contributed by atoms with van der Waals surface area (Å²) in [6.45, 7) is 3.90. The Morgan fingerprint density at radius 3 is 2.86 bits per heavy atom. The second-order valence-corrected chi connectivity index (χ2v) is 8.43. The van der Waals surface area contributed by atoms with E-state index in [4.69, 9.17) is 10.7 Å². The molecule has 0 saturated heterocycles. The molecule has 3 aromatic rings. The molecule has 1 aromatic heterocycles. The number of hydrogen-bond acceptors (Lipinski definition) is 7. The van der Waals surface area contributed by atoms with Gasteiger partial charge in [0.05, 0.1) is 5.52 Å². The van der Waals surface area contributed by atoms with Crippen molar-refractivity contribution in [3.05, 3.63) is 59.7 Å². The van der Waals surface area contributed by atoms with E-state index < -0.39 is 11.7 Å². The number of nitrogens with one attached hydrogen (secondary N) is 1. The number of pyridine rings is 1. The lowest BCUT2D eigenvalue weighted by atomic mass is 10.1. The summed E-state index contributed by atoms with van der Waals surface area (Å²) in [5.41, 5.74) is 8.68. The van der Waals surface area contributed by atoms with Gasteiger partial charge in [0.25, 0.3) is 0 Å². The summed E-state index contributed by atoms with van der Waals surface area (Å²) >= 11 is 1.27. The van der Waals surface area contributed by atoms with Crippen molar-refractivity contribution in [1.29, 1.82) is 0 Å². The zero-order valence-corrected chi connectivity index (χ0v) is 17.2. The number of aryl methyl sites for hydroxylation is 1. The van der Waals surface area contributed by atoms with Gasteiger partial charge in [0.15, 0.2) is 6.23 Å². The van der Waals surface area contributed by atoms with Crippen molar-refractivity contribution in [2.75, 3.05) is 23.3 Å². The number of benzene rings is 2. The highest BCUT2D eigenvalue weighted by molar-refractivity contribution is 7.99. The first-order chi connectivity index (χ1) is 14.1. The molecule has 0 saturated carbocycles. The molecule has 7 heteroatoms. The van der Waals surface area contributed by atoms with Crippen molar-refractivity contribution >= 4 is 34.2 Å². The molecule has 0 aliphatic carbocycles. The number of hydrogen-bond donors (Lipinski definition) is 4. The summed E-state index contributed by atoms with van der Waals surface area (Å²) in [6, 6.07) is 16.0. The molecule has 2 atom stereocenters. The number of aliphatic hydroxyl groups excluding tert-OH is 2. The standard InChI is InChI=1S/C22H26N4O2S/c1-14-7-8-17-16(11-14)18(24-10-4-9-23)12-20(25-17)26-13-15-5-2-3-6-19(15)29-22(28)21(26)27/h2-3,5-8,11-12,21-22,27-28H,4,9-10,13,23H2,1H3,(H,24,25). The van der Waals surface area contributed by atoms with Crippen LogP contribution in [0.15, 0.2) is 53.4 Å². The van der Waals surface area contributed by atoms with Gasteiger partial charge in [-0.05, 0) is 43.7 Å². The topological polar surface area (TPSA) is 94.6 Å². The summed E-state index contributed by atoms with van der Waals surface area (Å²) in [7, 11) is 0.